The maximum atomic E-state index is 9.17. The maximum Gasteiger partial charge on any atom is 0.101 e. The number of benzene rings is 1. The predicted octanol–water partition coefficient (Wildman–Crippen LogP) is 3.48. The van der Waals surface area contributed by atoms with Gasteiger partial charge in [-0.1, -0.05) is 6.07 Å². The third-order valence-electron chi connectivity index (χ3n) is 2.78. The molecule has 0 amide bonds. The fourth-order valence-electron chi connectivity index (χ4n) is 1.65. The number of hydrogen-bond donors (Lipinski definition) is 0. The molecular formula is C13H17ClN2S. The van der Waals surface area contributed by atoms with Crippen molar-refractivity contribution in [3.05, 3.63) is 29.3 Å². The van der Waals surface area contributed by atoms with Crippen molar-refractivity contribution in [3.8, 4) is 6.07 Å². The fraction of sp³-hybridized carbons (Fsp3) is 0.462. The Balaban J connectivity index is 3.01. The lowest BCUT2D eigenvalue weighted by atomic mass is 10.1. The van der Waals surface area contributed by atoms with Crippen LogP contribution >= 0.6 is 23.4 Å². The molecule has 0 saturated heterocycles. The van der Waals surface area contributed by atoms with E-state index in [1.54, 1.807) is 0 Å². The first-order valence-electron chi connectivity index (χ1n) is 5.44. The highest BCUT2D eigenvalue weighted by Crippen LogP contribution is 2.23. The van der Waals surface area contributed by atoms with Gasteiger partial charge in [-0.25, -0.2) is 0 Å². The van der Waals surface area contributed by atoms with E-state index in [1.165, 1.54) is 0 Å². The second-order valence-corrected chi connectivity index (χ2v) is 5.19. The molecule has 17 heavy (non-hydrogen) atoms. The van der Waals surface area contributed by atoms with Crippen LogP contribution in [-0.4, -0.2) is 25.1 Å². The van der Waals surface area contributed by atoms with Crippen molar-refractivity contribution in [3.63, 3.8) is 0 Å². The lowest BCUT2D eigenvalue weighted by Gasteiger charge is -2.27. The minimum Gasteiger partial charge on any atom is -0.370 e. The predicted molar refractivity (Wildman–Crippen MR) is 77.0 cm³/mol. The third kappa shape index (κ3) is 3.55. The Morgan fingerprint density at radius 2 is 2.24 bits per heavy atom. The number of hydrogen-bond acceptors (Lipinski definition) is 3. The van der Waals surface area contributed by atoms with E-state index < -0.39 is 0 Å². The number of nitriles is 1. The molecule has 0 spiro atoms. The Hall–Kier alpha value is -0.850. The van der Waals surface area contributed by atoms with Crippen molar-refractivity contribution >= 4 is 29.1 Å². The molecule has 1 atom stereocenters. The summed E-state index contributed by atoms with van der Waals surface area (Å²) in [6.45, 7) is 2.16. The molecule has 2 nitrogen and oxygen atoms in total. The van der Waals surface area contributed by atoms with Crippen LogP contribution in [0.1, 0.15) is 18.1 Å². The molecule has 0 radical (unpaired) electrons. The summed E-state index contributed by atoms with van der Waals surface area (Å²) in [6, 6.07) is 8.47. The van der Waals surface area contributed by atoms with Gasteiger partial charge >= 0.3 is 0 Å². The summed E-state index contributed by atoms with van der Waals surface area (Å²) in [5.74, 6) is 1.48. The minimum absolute atomic E-state index is 0.402. The van der Waals surface area contributed by atoms with Crippen molar-refractivity contribution in [2.75, 3.05) is 24.0 Å². The number of halogens is 1. The van der Waals surface area contributed by atoms with Gasteiger partial charge in [0, 0.05) is 24.7 Å². The molecule has 0 heterocycles. The molecule has 0 aliphatic carbocycles. The van der Waals surface area contributed by atoms with Crippen LogP contribution in [0.15, 0.2) is 18.2 Å². The number of alkyl halides is 1. The zero-order chi connectivity index (χ0) is 12.8. The van der Waals surface area contributed by atoms with Gasteiger partial charge in [0.1, 0.15) is 6.07 Å². The highest BCUT2D eigenvalue weighted by Gasteiger charge is 2.13. The van der Waals surface area contributed by atoms with Crippen molar-refractivity contribution in [2.45, 2.75) is 18.8 Å². The van der Waals surface area contributed by atoms with Crippen LogP contribution in [0, 0.1) is 11.3 Å². The summed E-state index contributed by atoms with van der Waals surface area (Å²) in [6.07, 6.45) is 2.09. The molecule has 92 valence electrons. The first-order chi connectivity index (χ1) is 8.13. The number of thioether (sulfide) groups is 1. The van der Waals surface area contributed by atoms with Gasteiger partial charge < -0.3 is 4.90 Å². The zero-order valence-corrected chi connectivity index (χ0v) is 12.0. The van der Waals surface area contributed by atoms with Crippen LogP contribution in [0.3, 0.4) is 0 Å². The van der Waals surface area contributed by atoms with E-state index in [2.05, 4.69) is 24.1 Å². The molecule has 0 saturated carbocycles. The van der Waals surface area contributed by atoms with Gasteiger partial charge in [0.2, 0.25) is 0 Å². The van der Waals surface area contributed by atoms with Crippen LogP contribution in [-0.2, 0) is 5.88 Å². The fourth-order valence-corrected chi connectivity index (χ4v) is 2.53. The van der Waals surface area contributed by atoms with Crippen LogP contribution in [0.25, 0.3) is 0 Å². The van der Waals surface area contributed by atoms with E-state index in [1.807, 2.05) is 37.0 Å². The van der Waals surface area contributed by atoms with Gasteiger partial charge in [0.15, 0.2) is 0 Å². The van der Waals surface area contributed by atoms with Crippen molar-refractivity contribution in [1.82, 2.24) is 0 Å². The Labute approximate surface area is 113 Å². The molecule has 1 aromatic rings. The molecule has 0 bridgehead atoms. The number of nitrogens with zero attached hydrogens (tertiary/aromatic N) is 2. The summed E-state index contributed by atoms with van der Waals surface area (Å²) in [7, 11) is 2.03. The largest absolute Gasteiger partial charge is 0.370 e. The molecule has 0 aliphatic heterocycles. The smallest absolute Gasteiger partial charge is 0.101 e. The molecule has 0 aromatic heterocycles. The monoisotopic (exact) mass is 268 g/mol. The zero-order valence-electron chi connectivity index (χ0n) is 10.4. The molecule has 1 unspecified atom stereocenters. The van der Waals surface area contributed by atoms with Crippen molar-refractivity contribution in [2.24, 2.45) is 0 Å². The van der Waals surface area contributed by atoms with E-state index in [0.717, 1.165) is 17.0 Å². The average molecular weight is 269 g/mol. The number of anilines is 1. The molecule has 4 heteroatoms. The summed E-state index contributed by atoms with van der Waals surface area (Å²) in [4.78, 5) is 2.15. The maximum absolute atomic E-state index is 9.17. The highest BCUT2D eigenvalue weighted by atomic mass is 35.5. The SMILES string of the molecule is CSCC(C)N(C)c1ccc(CCl)cc1C#N. The Morgan fingerprint density at radius 1 is 1.53 bits per heavy atom. The molecule has 0 aliphatic rings. The molecule has 1 rings (SSSR count). The Kier molecular flexibility index (Phi) is 5.67. The van der Waals surface area contributed by atoms with Gasteiger partial charge in [-0.3, -0.25) is 0 Å². The molecule has 0 fully saturated rings. The Bertz CT molecular complexity index is 414. The summed E-state index contributed by atoms with van der Waals surface area (Å²) in [5.41, 5.74) is 2.65. The average Bonchev–Trinajstić information content (AvgIpc) is 2.37. The molecular weight excluding hydrogens is 252 g/mol. The van der Waals surface area contributed by atoms with Gasteiger partial charge in [-0.15, -0.1) is 11.6 Å². The first-order valence-corrected chi connectivity index (χ1v) is 7.37. The van der Waals surface area contributed by atoms with Crippen molar-refractivity contribution in [1.29, 1.82) is 5.26 Å². The Morgan fingerprint density at radius 3 is 2.76 bits per heavy atom. The van der Waals surface area contributed by atoms with Gasteiger partial charge in [-0.05, 0) is 30.9 Å². The highest BCUT2D eigenvalue weighted by molar-refractivity contribution is 7.98. The number of rotatable bonds is 5. The second-order valence-electron chi connectivity index (χ2n) is 4.01. The lowest BCUT2D eigenvalue weighted by molar-refractivity contribution is 0.764. The van der Waals surface area contributed by atoms with Gasteiger partial charge in [-0.2, -0.15) is 17.0 Å². The van der Waals surface area contributed by atoms with E-state index >= 15 is 0 Å². The van der Waals surface area contributed by atoms with E-state index in [4.69, 9.17) is 11.6 Å². The van der Waals surface area contributed by atoms with Crippen LogP contribution < -0.4 is 4.90 Å². The van der Waals surface area contributed by atoms with E-state index in [-0.39, 0.29) is 0 Å². The summed E-state index contributed by atoms with van der Waals surface area (Å²) >= 11 is 7.58. The summed E-state index contributed by atoms with van der Waals surface area (Å²) in [5, 5.41) is 9.17. The third-order valence-corrected chi connectivity index (χ3v) is 3.91. The van der Waals surface area contributed by atoms with Crippen LogP contribution in [0.4, 0.5) is 5.69 Å². The quantitative estimate of drug-likeness (QED) is 0.765. The standard InChI is InChI=1S/C13H17ClN2S/c1-10(9-17-3)16(2)13-5-4-11(7-14)6-12(13)8-15/h4-6,10H,7,9H2,1-3H3. The lowest BCUT2D eigenvalue weighted by Crippen LogP contribution is -2.31. The van der Waals surface area contributed by atoms with Crippen LogP contribution in [0.2, 0.25) is 0 Å². The van der Waals surface area contributed by atoms with Crippen LogP contribution in [0.5, 0.6) is 0 Å². The topological polar surface area (TPSA) is 27.0 Å². The normalized spacial score (nSPS) is 11.9. The van der Waals surface area contributed by atoms with E-state index in [0.29, 0.717) is 17.5 Å². The van der Waals surface area contributed by atoms with E-state index in [9.17, 15) is 5.26 Å². The molecule has 1 aromatic carbocycles. The summed E-state index contributed by atoms with van der Waals surface area (Å²) < 4.78 is 0. The van der Waals surface area contributed by atoms with Crippen molar-refractivity contribution < 1.29 is 0 Å². The molecule has 0 N–H and O–H groups in total. The van der Waals surface area contributed by atoms with Gasteiger partial charge in [0.25, 0.3) is 0 Å². The first kappa shape index (κ1) is 14.2. The minimum atomic E-state index is 0.402. The van der Waals surface area contributed by atoms with Gasteiger partial charge in [0.05, 0.1) is 11.3 Å². The second kappa shape index (κ2) is 6.78.